The van der Waals surface area contributed by atoms with Crippen LogP contribution < -0.4 is 4.72 Å². The van der Waals surface area contributed by atoms with Crippen LogP contribution in [0.25, 0.3) is 0 Å². The fourth-order valence-corrected chi connectivity index (χ4v) is 3.77. The van der Waals surface area contributed by atoms with Crippen molar-refractivity contribution in [3.63, 3.8) is 0 Å². The van der Waals surface area contributed by atoms with Gasteiger partial charge in [0.25, 0.3) is 0 Å². The molecule has 2 heterocycles. The number of carboxylic acids is 1. The van der Waals surface area contributed by atoms with Crippen LogP contribution in [-0.4, -0.2) is 42.8 Å². The van der Waals surface area contributed by atoms with Crippen LogP contribution in [0.15, 0.2) is 17.2 Å². The van der Waals surface area contributed by atoms with Crippen molar-refractivity contribution in [1.29, 1.82) is 0 Å². The number of sulfonamides is 1. The predicted octanol–water partition coefficient (Wildman–Crippen LogP) is 1.05. The molecule has 1 aromatic heterocycles. The Labute approximate surface area is 124 Å². The highest BCUT2D eigenvalue weighted by molar-refractivity contribution is 7.89. The molecular weight excluding hydrogens is 296 g/mol. The molecule has 0 radical (unpaired) electrons. The summed E-state index contributed by atoms with van der Waals surface area (Å²) in [6, 6.07) is 0.915. The van der Waals surface area contributed by atoms with Gasteiger partial charge in [0.2, 0.25) is 10.0 Å². The lowest BCUT2D eigenvalue weighted by atomic mass is 10.2. The molecule has 1 fully saturated rings. The topological polar surface area (TPSA) is 97.6 Å². The number of ether oxygens (including phenoxy) is 1. The highest BCUT2D eigenvalue weighted by atomic mass is 32.2. The van der Waals surface area contributed by atoms with Gasteiger partial charge in [0.15, 0.2) is 0 Å². The average molecular weight is 316 g/mol. The van der Waals surface area contributed by atoms with Crippen molar-refractivity contribution < 1.29 is 23.1 Å². The molecule has 1 aliphatic rings. The Bertz CT molecular complexity index is 623. The van der Waals surface area contributed by atoms with E-state index in [2.05, 4.69) is 4.72 Å². The van der Waals surface area contributed by atoms with E-state index >= 15 is 0 Å². The van der Waals surface area contributed by atoms with Gasteiger partial charge in [-0.25, -0.2) is 17.9 Å². The molecule has 0 aliphatic carbocycles. The molecule has 8 heteroatoms. The number of rotatable bonds is 6. The van der Waals surface area contributed by atoms with Crippen molar-refractivity contribution in [2.45, 2.75) is 50.3 Å². The molecule has 0 amide bonds. The molecule has 21 heavy (non-hydrogen) atoms. The first-order valence-corrected chi connectivity index (χ1v) is 8.41. The molecule has 7 nitrogen and oxygen atoms in total. The van der Waals surface area contributed by atoms with Crippen molar-refractivity contribution in [2.75, 3.05) is 6.61 Å². The molecule has 118 valence electrons. The van der Waals surface area contributed by atoms with Gasteiger partial charge in [-0.15, -0.1) is 0 Å². The summed E-state index contributed by atoms with van der Waals surface area (Å²) in [6.45, 7) is 4.69. The molecule has 1 aromatic rings. The summed E-state index contributed by atoms with van der Waals surface area (Å²) in [7, 11) is -3.74. The Hall–Kier alpha value is -1.38. The SMILES string of the molecule is CCCn1cc(S(=O)(=O)NC2CCOC2C)cc1C(=O)O. The average Bonchev–Trinajstić information content (AvgIpc) is 2.97. The largest absolute Gasteiger partial charge is 0.477 e. The van der Waals surface area contributed by atoms with Crippen LogP contribution in [0.2, 0.25) is 0 Å². The van der Waals surface area contributed by atoms with Crippen molar-refractivity contribution in [2.24, 2.45) is 0 Å². The Morgan fingerprint density at radius 2 is 2.29 bits per heavy atom. The van der Waals surface area contributed by atoms with Gasteiger partial charge >= 0.3 is 5.97 Å². The number of hydrogen-bond acceptors (Lipinski definition) is 4. The van der Waals surface area contributed by atoms with Gasteiger partial charge in [-0.05, 0) is 25.8 Å². The maximum absolute atomic E-state index is 12.4. The smallest absolute Gasteiger partial charge is 0.352 e. The normalized spacial score (nSPS) is 22.6. The molecule has 2 atom stereocenters. The highest BCUT2D eigenvalue weighted by Gasteiger charge is 2.30. The standard InChI is InChI=1S/C13H20N2O5S/c1-3-5-15-8-10(7-12(15)13(16)17)21(18,19)14-11-4-6-20-9(11)2/h7-9,11,14H,3-6H2,1-2H3,(H,16,17). The second-order valence-electron chi connectivity index (χ2n) is 5.15. The van der Waals surface area contributed by atoms with Crippen LogP contribution in [-0.2, 0) is 21.3 Å². The number of hydrogen-bond donors (Lipinski definition) is 2. The van der Waals surface area contributed by atoms with Gasteiger partial charge in [-0.1, -0.05) is 6.92 Å². The summed E-state index contributed by atoms with van der Waals surface area (Å²) < 4.78 is 34.1. The van der Waals surface area contributed by atoms with E-state index in [9.17, 15) is 13.2 Å². The minimum Gasteiger partial charge on any atom is -0.477 e. The summed E-state index contributed by atoms with van der Waals surface area (Å²) >= 11 is 0. The fraction of sp³-hybridized carbons (Fsp3) is 0.615. The quantitative estimate of drug-likeness (QED) is 0.817. The van der Waals surface area contributed by atoms with E-state index in [4.69, 9.17) is 9.84 Å². The zero-order valence-electron chi connectivity index (χ0n) is 12.1. The third kappa shape index (κ3) is 3.45. The summed E-state index contributed by atoms with van der Waals surface area (Å²) in [5.41, 5.74) is -0.0204. The van der Waals surface area contributed by atoms with Gasteiger partial charge in [0.1, 0.15) is 10.6 Å². The minimum atomic E-state index is -3.74. The number of carbonyl (C=O) groups is 1. The highest BCUT2D eigenvalue weighted by Crippen LogP contribution is 2.19. The van der Waals surface area contributed by atoms with Gasteiger partial charge in [-0.3, -0.25) is 0 Å². The van der Waals surface area contributed by atoms with Crippen LogP contribution in [0.5, 0.6) is 0 Å². The van der Waals surface area contributed by atoms with Crippen LogP contribution in [0, 0.1) is 0 Å². The van der Waals surface area contributed by atoms with E-state index in [0.29, 0.717) is 19.6 Å². The van der Waals surface area contributed by atoms with E-state index in [-0.39, 0.29) is 22.7 Å². The molecule has 0 saturated carbocycles. The number of nitrogens with zero attached hydrogens (tertiary/aromatic N) is 1. The Balaban J connectivity index is 2.27. The lowest BCUT2D eigenvalue weighted by Crippen LogP contribution is -2.38. The summed E-state index contributed by atoms with van der Waals surface area (Å²) in [5, 5.41) is 9.14. The van der Waals surface area contributed by atoms with E-state index in [0.717, 1.165) is 6.42 Å². The summed E-state index contributed by atoms with van der Waals surface area (Å²) in [6.07, 6.45) is 2.52. The predicted molar refractivity (Wildman–Crippen MR) is 75.8 cm³/mol. The zero-order chi connectivity index (χ0) is 15.6. The number of carboxylic acid groups (broad SMARTS) is 1. The van der Waals surface area contributed by atoms with Crippen LogP contribution in [0.1, 0.15) is 37.2 Å². The van der Waals surface area contributed by atoms with Crippen LogP contribution in [0.3, 0.4) is 0 Å². The molecule has 0 spiro atoms. The molecule has 1 saturated heterocycles. The third-order valence-electron chi connectivity index (χ3n) is 3.55. The van der Waals surface area contributed by atoms with E-state index < -0.39 is 16.0 Å². The number of nitrogens with one attached hydrogen (secondary N) is 1. The second kappa shape index (κ2) is 6.17. The van der Waals surface area contributed by atoms with E-state index in [1.807, 2.05) is 13.8 Å². The monoisotopic (exact) mass is 316 g/mol. The molecule has 2 N–H and O–H groups in total. The molecule has 1 aliphatic heterocycles. The van der Waals surface area contributed by atoms with Gasteiger partial charge in [-0.2, -0.15) is 0 Å². The van der Waals surface area contributed by atoms with Crippen molar-refractivity contribution in [3.8, 4) is 0 Å². The van der Waals surface area contributed by atoms with Crippen LogP contribution >= 0.6 is 0 Å². The zero-order valence-corrected chi connectivity index (χ0v) is 12.9. The lowest BCUT2D eigenvalue weighted by molar-refractivity contribution is 0.0685. The molecule has 0 bridgehead atoms. The molecule has 0 aromatic carbocycles. The third-order valence-corrected chi connectivity index (χ3v) is 5.01. The summed E-state index contributed by atoms with van der Waals surface area (Å²) in [5.74, 6) is -1.14. The lowest BCUT2D eigenvalue weighted by Gasteiger charge is -2.15. The second-order valence-corrected chi connectivity index (χ2v) is 6.87. The Kier molecular flexibility index (Phi) is 4.70. The minimum absolute atomic E-state index is 0.0204. The van der Waals surface area contributed by atoms with Gasteiger partial charge < -0.3 is 14.4 Å². The molecule has 2 unspecified atom stereocenters. The molecular formula is C13H20N2O5S. The Morgan fingerprint density at radius 3 is 2.81 bits per heavy atom. The van der Waals surface area contributed by atoms with E-state index in [1.165, 1.54) is 16.8 Å². The van der Waals surface area contributed by atoms with Crippen molar-refractivity contribution in [3.05, 3.63) is 18.0 Å². The molecule has 2 rings (SSSR count). The first-order valence-electron chi connectivity index (χ1n) is 6.92. The fourth-order valence-electron chi connectivity index (χ4n) is 2.39. The van der Waals surface area contributed by atoms with Gasteiger partial charge in [0.05, 0.1) is 12.1 Å². The number of aromatic carboxylic acids is 1. The van der Waals surface area contributed by atoms with Gasteiger partial charge in [0, 0.05) is 19.3 Å². The van der Waals surface area contributed by atoms with E-state index in [1.54, 1.807) is 0 Å². The first kappa shape index (κ1) is 16.0. The van der Waals surface area contributed by atoms with Crippen molar-refractivity contribution >= 4 is 16.0 Å². The maximum atomic E-state index is 12.4. The van der Waals surface area contributed by atoms with Crippen molar-refractivity contribution in [1.82, 2.24) is 9.29 Å². The summed E-state index contributed by atoms with van der Waals surface area (Å²) in [4.78, 5) is 11.2. The maximum Gasteiger partial charge on any atom is 0.352 e. The number of aryl methyl sites for hydroxylation is 1. The Morgan fingerprint density at radius 1 is 1.57 bits per heavy atom. The first-order chi connectivity index (χ1) is 9.85. The number of aromatic nitrogens is 1. The van der Waals surface area contributed by atoms with Crippen LogP contribution in [0.4, 0.5) is 0 Å².